The summed E-state index contributed by atoms with van der Waals surface area (Å²) in [5.41, 5.74) is 3.03. The summed E-state index contributed by atoms with van der Waals surface area (Å²) in [4.78, 5) is 16.9. The molecule has 1 aromatic carbocycles. The zero-order chi connectivity index (χ0) is 18.9. The molecule has 0 radical (unpaired) electrons. The fourth-order valence-electron chi connectivity index (χ4n) is 2.87. The van der Waals surface area contributed by atoms with Crippen molar-refractivity contribution >= 4 is 21.7 Å². The minimum Gasteiger partial charge on any atom is -0.329 e. The number of aromatic nitrogens is 1. The van der Waals surface area contributed by atoms with E-state index in [4.69, 9.17) is 5.14 Å². The van der Waals surface area contributed by atoms with Gasteiger partial charge in [-0.1, -0.05) is 12.1 Å². The number of carbonyl (C=O) groups excluding carboxylic acids is 1. The Morgan fingerprint density at radius 2 is 1.96 bits per heavy atom. The molecule has 0 spiro atoms. The fourth-order valence-corrected chi connectivity index (χ4v) is 3.41. The van der Waals surface area contributed by atoms with Crippen LogP contribution in [0, 0.1) is 19.8 Å². The zero-order valence-corrected chi connectivity index (χ0v) is 15.5. The molecule has 0 bridgehead atoms. The van der Waals surface area contributed by atoms with Gasteiger partial charge in [0.2, 0.25) is 10.0 Å². The van der Waals surface area contributed by atoms with Gasteiger partial charge < -0.3 is 10.6 Å². The second kappa shape index (κ2) is 7.05. The Morgan fingerprint density at radius 1 is 1.23 bits per heavy atom. The normalized spacial score (nSPS) is 15.3. The number of nitrogens with two attached hydrogens (primary N) is 1. The molecule has 1 atom stereocenters. The molecule has 1 fully saturated rings. The first-order chi connectivity index (χ1) is 12.3. The lowest BCUT2D eigenvalue weighted by molar-refractivity contribution is 0.246. The van der Waals surface area contributed by atoms with Crippen molar-refractivity contribution in [2.24, 2.45) is 11.1 Å². The standard InChI is InChI=1S/C18H22N4O3S/c1-11-5-8-14(26(19,24)25)10-15(11)21-18(23)22-17(13-6-7-13)16-12(2)4-3-9-20-16/h3-5,8-10,13,17H,6-7H2,1-2H3,(H2,19,24,25)(H2,21,22,23). The van der Waals surface area contributed by atoms with E-state index in [2.05, 4.69) is 15.6 Å². The van der Waals surface area contributed by atoms with Crippen molar-refractivity contribution in [1.82, 2.24) is 10.3 Å². The smallest absolute Gasteiger partial charge is 0.319 e. The molecule has 4 N–H and O–H groups in total. The second-order valence-corrected chi connectivity index (χ2v) is 8.20. The van der Waals surface area contributed by atoms with Gasteiger partial charge in [-0.2, -0.15) is 0 Å². The summed E-state index contributed by atoms with van der Waals surface area (Å²) in [5.74, 6) is 0.367. The van der Waals surface area contributed by atoms with Gasteiger partial charge in [0, 0.05) is 11.9 Å². The number of anilines is 1. The zero-order valence-electron chi connectivity index (χ0n) is 14.7. The monoisotopic (exact) mass is 374 g/mol. The number of amides is 2. The Labute approximate surface area is 153 Å². The van der Waals surface area contributed by atoms with Gasteiger partial charge in [0.25, 0.3) is 0 Å². The summed E-state index contributed by atoms with van der Waals surface area (Å²) in [6, 6.07) is 7.65. The maximum Gasteiger partial charge on any atom is 0.319 e. The predicted molar refractivity (Wildman–Crippen MR) is 99.1 cm³/mol. The van der Waals surface area contributed by atoms with Crippen LogP contribution in [-0.2, 0) is 10.0 Å². The highest BCUT2D eigenvalue weighted by atomic mass is 32.2. The third kappa shape index (κ3) is 4.20. The van der Waals surface area contributed by atoms with Gasteiger partial charge in [0.1, 0.15) is 0 Å². The Hall–Kier alpha value is -2.45. The molecule has 0 saturated heterocycles. The van der Waals surface area contributed by atoms with E-state index < -0.39 is 16.1 Å². The van der Waals surface area contributed by atoms with Gasteiger partial charge >= 0.3 is 6.03 Å². The molecule has 7 nitrogen and oxygen atoms in total. The van der Waals surface area contributed by atoms with Crippen LogP contribution in [0.5, 0.6) is 0 Å². The van der Waals surface area contributed by atoms with Gasteiger partial charge in [-0.3, -0.25) is 4.98 Å². The van der Waals surface area contributed by atoms with Crippen LogP contribution in [0.1, 0.15) is 35.7 Å². The van der Waals surface area contributed by atoms with E-state index in [-0.39, 0.29) is 10.9 Å². The minimum atomic E-state index is -3.83. The van der Waals surface area contributed by atoms with Gasteiger partial charge in [-0.15, -0.1) is 0 Å². The number of aryl methyl sites for hydroxylation is 2. The number of benzene rings is 1. The number of hydrogen-bond acceptors (Lipinski definition) is 4. The van der Waals surface area contributed by atoms with Crippen molar-refractivity contribution in [2.45, 2.75) is 37.6 Å². The van der Waals surface area contributed by atoms with E-state index in [1.165, 1.54) is 12.1 Å². The fraction of sp³-hybridized carbons (Fsp3) is 0.333. The number of carbonyl (C=O) groups is 1. The Kier molecular flexibility index (Phi) is 4.97. The second-order valence-electron chi connectivity index (χ2n) is 6.64. The topological polar surface area (TPSA) is 114 Å². The molecule has 1 aliphatic carbocycles. The maximum atomic E-state index is 12.5. The van der Waals surface area contributed by atoms with Gasteiger partial charge in [-0.25, -0.2) is 18.4 Å². The molecule has 26 heavy (non-hydrogen) atoms. The van der Waals surface area contributed by atoms with Gasteiger partial charge in [0.15, 0.2) is 0 Å². The molecule has 2 aromatic rings. The van der Waals surface area contributed by atoms with Gasteiger partial charge in [0.05, 0.1) is 16.6 Å². The molecular formula is C18H22N4O3S. The van der Waals surface area contributed by atoms with Crippen molar-refractivity contribution in [2.75, 3.05) is 5.32 Å². The number of nitrogens with zero attached hydrogens (tertiary/aromatic N) is 1. The lowest BCUT2D eigenvalue weighted by Gasteiger charge is -2.20. The molecule has 1 heterocycles. The van der Waals surface area contributed by atoms with E-state index in [0.717, 1.165) is 29.7 Å². The molecular weight excluding hydrogens is 352 g/mol. The predicted octanol–water partition coefficient (Wildman–Crippen LogP) is 2.62. The molecule has 0 aliphatic heterocycles. The van der Waals surface area contributed by atoms with Crippen LogP contribution in [0.25, 0.3) is 0 Å². The van der Waals surface area contributed by atoms with Crippen LogP contribution in [-0.4, -0.2) is 19.4 Å². The van der Waals surface area contributed by atoms with E-state index in [1.54, 1.807) is 19.2 Å². The van der Waals surface area contributed by atoms with Crippen LogP contribution in [0.15, 0.2) is 41.4 Å². The SMILES string of the molecule is Cc1ccc(S(N)(=O)=O)cc1NC(=O)NC(c1ncccc1C)C1CC1. The molecule has 3 rings (SSSR count). The number of primary sulfonamides is 1. The largest absolute Gasteiger partial charge is 0.329 e. The molecule has 1 aromatic heterocycles. The first-order valence-electron chi connectivity index (χ1n) is 8.38. The molecule has 1 aliphatic rings. The maximum absolute atomic E-state index is 12.5. The molecule has 8 heteroatoms. The summed E-state index contributed by atoms with van der Waals surface area (Å²) in [6.45, 7) is 3.75. The lowest BCUT2D eigenvalue weighted by atomic mass is 10.0. The number of urea groups is 1. The first kappa shape index (κ1) is 18.3. The summed E-state index contributed by atoms with van der Waals surface area (Å²) < 4.78 is 23.0. The van der Waals surface area contributed by atoms with E-state index >= 15 is 0 Å². The number of hydrogen-bond donors (Lipinski definition) is 3. The van der Waals surface area contributed by atoms with Gasteiger partial charge in [-0.05, 0) is 61.9 Å². The first-order valence-corrected chi connectivity index (χ1v) is 9.93. The molecule has 138 valence electrons. The Morgan fingerprint density at radius 3 is 2.58 bits per heavy atom. The lowest BCUT2D eigenvalue weighted by Crippen LogP contribution is -2.34. The molecule has 2 amide bonds. The third-order valence-electron chi connectivity index (χ3n) is 4.51. The van der Waals surface area contributed by atoms with Crippen molar-refractivity contribution in [3.63, 3.8) is 0 Å². The van der Waals surface area contributed by atoms with Crippen LogP contribution in [0.3, 0.4) is 0 Å². The highest BCUT2D eigenvalue weighted by molar-refractivity contribution is 7.89. The average Bonchev–Trinajstić information content (AvgIpc) is 3.39. The van der Waals surface area contributed by atoms with Crippen molar-refractivity contribution < 1.29 is 13.2 Å². The highest BCUT2D eigenvalue weighted by Crippen LogP contribution is 2.41. The van der Waals surface area contributed by atoms with Crippen LogP contribution >= 0.6 is 0 Å². The van der Waals surface area contributed by atoms with Crippen molar-refractivity contribution in [1.29, 1.82) is 0 Å². The average molecular weight is 374 g/mol. The van der Waals surface area contributed by atoms with E-state index in [9.17, 15) is 13.2 Å². The number of nitrogens with one attached hydrogen (secondary N) is 2. The summed E-state index contributed by atoms with van der Waals surface area (Å²) in [6.07, 6.45) is 3.80. The number of rotatable bonds is 5. The summed E-state index contributed by atoms with van der Waals surface area (Å²) in [7, 11) is -3.83. The summed E-state index contributed by atoms with van der Waals surface area (Å²) >= 11 is 0. The number of pyridine rings is 1. The van der Waals surface area contributed by atoms with Crippen molar-refractivity contribution in [3.8, 4) is 0 Å². The number of sulfonamides is 1. The van der Waals surface area contributed by atoms with E-state index in [1.807, 2.05) is 19.1 Å². The van der Waals surface area contributed by atoms with Crippen LogP contribution in [0.2, 0.25) is 0 Å². The quantitative estimate of drug-likeness (QED) is 0.746. The Balaban J connectivity index is 1.79. The molecule has 1 saturated carbocycles. The summed E-state index contributed by atoms with van der Waals surface area (Å²) in [5, 5.41) is 10.9. The van der Waals surface area contributed by atoms with Crippen LogP contribution in [0.4, 0.5) is 10.5 Å². The minimum absolute atomic E-state index is 0.0438. The van der Waals surface area contributed by atoms with Crippen LogP contribution < -0.4 is 15.8 Å². The highest BCUT2D eigenvalue weighted by Gasteiger charge is 2.35. The van der Waals surface area contributed by atoms with Crippen molar-refractivity contribution in [3.05, 3.63) is 53.3 Å². The molecule has 1 unspecified atom stereocenters. The third-order valence-corrected chi connectivity index (χ3v) is 5.42. The van der Waals surface area contributed by atoms with E-state index in [0.29, 0.717) is 11.6 Å². The Bertz CT molecular complexity index is 939.